The molecule has 2 saturated heterocycles. The third-order valence-corrected chi connectivity index (χ3v) is 7.03. The maximum Gasteiger partial charge on any atom is 0.280 e. The molecule has 0 bridgehead atoms. The van der Waals surface area contributed by atoms with Gasteiger partial charge in [-0.25, -0.2) is 0 Å². The molecule has 2 fully saturated rings. The quantitative estimate of drug-likeness (QED) is 0.864. The van der Waals surface area contributed by atoms with E-state index in [4.69, 9.17) is 4.74 Å². The summed E-state index contributed by atoms with van der Waals surface area (Å²) in [5, 5.41) is 0. The number of ether oxygens (including phenoxy) is 1. The Hall–Kier alpha value is -1.64. The zero-order chi connectivity index (χ0) is 18.9. The molecule has 144 valence electrons. The van der Waals surface area contributed by atoms with E-state index in [2.05, 4.69) is 4.72 Å². The molecule has 26 heavy (non-hydrogen) atoms. The van der Waals surface area contributed by atoms with Crippen molar-refractivity contribution in [3.05, 3.63) is 29.8 Å². The van der Waals surface area contributed by atoms with Crippen LogP contribution in [0.5, 0.6) is 5.75 Å². The number of rotatable bonds is 3. The molecule has 7 nitrogen and oxygen atoms in total. The lowest BCUT2D eigenvalue weighted by molar-refractivity contribution is -0.139. The Morgan fingerprint density at radius 1 is 1.31 bits per heavy atom. The van der Waals surface area contributed by atoms with E-state index >= 15 is 0 Å². The van der Waals surface area contributed by atoms with Gasteiger partial charge in [-0.15, -0.1) is 0 Å². The van der Waals surface area contributed by atoms with Crippen LogP contribution in [0.2, 0.25) is 0 Å². The second kappa shape index (κ2) is 7.54. The van der Waals surface area contributed by atoms with Crippen LogP contribution in [0.25, 0.3) is 0 Å². The van der Waals surface area contributed by atoms with Crippen LogP contribution in [0.3, 0.4) is 0 Å². The van der Waals surface area contributed by atoms with Gasteiger partial charge in [0.15, 0.2) is 0 Å². The van der Waals surface area contributed by atoms with Gasteiger partial charge in [-0.05, 0) is 50.3 Å². The van der Waals surface area contributed by atoms with Crippen molar-refractivity contribution in [1.82, 2.24) is 13.9 Å². The predicted molar refractivity (Wildman–Crippen MR) is 99.0 cm³/mol. The highest BCUT2D eigenvalue weighted by Crippen LogP contribution is 2.31. The number of likely N-dealkylation sites (tertiary alicyclic amines) is 1. The normalized spacial score (nSPS) is 29.3. The lowest BCUT2D eigenvalue weighted by Crippen LogP contribution is -2.59. The molecule has 1 N–H and O–H groups in total. The number of hydrogen-bond donors (Lipinski definition) is 1. The highest BCUT2D eigenvalue weighted by atomic mass is 32.2. The van der Waals surface area contributed by atoms with E-state index in [0.29, 0.717) is 18.7 Å². The number of hydrogen-bond acceptors (Lipinski definition) is 4. The second-order valence-corrected chi connectivity index (χ2v) is 8.86. The number of amides is 1. The summed E-state index contributed by atoms with van der Waals surface area (Å²) in [6.07, 6.45) is 3.44. The Bertz CT molecular complexity index is 767. The molecule has 2 heterocycles. The van der Waals surface area contributed by atoms with Crippen molar-refractivity contribution in [2.24, 2.45) is 0 Å². The zero-order valence-electron chi connectivity index (χ0n) is 15.5. The van der Waals surface area contributed by atoms with Gasteiger partial charge in [0.25, 0.3) is 10.2 Å². The van der Waals surface area contributed by atoms with Gasteiger partial charge >= 0.3 is 0 Å². The number of methoxy groups -OCH3 is 1. The van der Waals surface area contributed by atoms with Crippen LogP contribution in [0, 0.1) is 0 Å². The van der Waals surface area contributed by atoms with Crippen LogP contribution in [0.1, 0.15) is 44.2 Å². The molecule has 3 rings (SSSR count). The summed E-state index contributed by atoms with van der Waals surface area (Å²) >= 11 is 0. The van der Waals surface area contributed by atoms with E-state index < -0.39 is 22.3 Å². The van der Waals surface area contributed by atoms with Crippen LogP contribution in [-0.4, -0.2) is 56.3 Å². The Morgan fingerprint density at radius 3 is 2.77 bits per heavy atom. The lowest BCUT2D eigenvalue weighted by Gasteiger charge is -2.41. The minimum Gasteiger partial charge on any atom is -0.497 e. The minimum atomic E-state index is -3.73. The molecule has 0 aromatic heterocycles. The summed E-state index contributed by atoms with van der Waals surface area (Å²) in [4.78, 5) is 15.0. The van der Waals surface area contributed by atoms with Crippen LogP contribution < -0.4 is 9.46 Å². The molecule has 0 spiro atoms. The minimum absolute atomic E-state index is 0.0994. The average molecular weight is 381 g/mol. The number of nitrogens with zero attached hydrogens (tertiary/aromatic N) is 2. The Balaban J connectivity index is 1.88. The molecule has 1 aromatic rings. The summed E-state index contributed by atoms with van der Waals surface area (Å²) in [6.45, 7) is 2.73. The van der Waals surface area contributed by atoms with E-state index in [-0.39, 0.29) is 11.9 Å². The van der Waals surface area contributed by atoms with Gasteiger partial charge in [-0.3, -0.25) is 4.79 Å². The molecule has 1 amide bonds. The second-order valence-electron chi connectivity index (χ2n) is 7.10. The first-order valence-electron chi connectivity index (χ1n) is 9.03. The summed E-state index contributed by atoms with van der Waals surface area (Å²) in [6, 6.07) is 6.29. The SMILES string of the molecule is COc1cccc(C2CC(C(=O)N3CCCCC3C)N(C)S(=O)(=O)N2)c1. The van der Waals surface area contributed by atoms with Crippen molar-refractivity contribution in [2.75, 3.05) is 20.7 Å². The fourth-order valence-corrected chi connectivity index (χ4v) is 5.06. The van der Waals surface area contributed by atoms with Gasteiger partial charge in [0, 0.05) is 19.6 Å². The molecule has 2 aliphatic heterocycles. The smallest absolute Gasteiger partial charge is 0.280 e. The Kier molecular flexibility index (Phi) is 5.55. The van der Waals surface area contributed by atoms with E-state index in [9.17, 15) is 13.2 Å². The van der Waals surface area contributed by atoms with Crippen LogP contribution >= 0.6 is 0 Å². The number of carbonyl (C=O) groups excluding carboxylic acids is 1. The lowest BCUT2D eigenvalue weighted by atomic mass is 9.97. The standard InChI is InChI=1S/C18H27N3O4S/c1-13-7-4-5-10-21(13)18(22)17-12-16(19-26(23,24)20(17)2)14-8-6-9-15(11-14)25-3/h6,8-9,11,13,16-17,19H,4-5,7,10,12H2,1-3H3. The fourth-order valence-electron chi connectivity index (χ4n) is 3.79. The van der Waals surface area contributed by atoms with E-state index in [1.165, 1.54) is 11.4 Å². The zero-order valence-corrected chi connectivity index (χ0v) is 16.3. The monoisotopic (exact) mass is 381 g/mol. The highest BCUT2D eigenvalue weighted by Gasteiger charge is 2.43. The summed E-state index contributed by atoms with van der Waals surface area (Å²) in [7, 11) is -0.689. The first-order chi connectivity index (χ1) is 12.3. The van der Waals surface area contributed by atoms with Crippen molar-refractivity contribution in [2.45, 2.75) is 50.7 Å². The Morgan fingerprint density at radius 2 is 2.08 bits per heavy atom. The van der Waals surface area contributed by atoms with Crippen molar-refractivity contribution < 1.29 is 17.9 Å². The molecule has 3 atom stereocenters. The predicted octanol–water partition coefficient (Wildman–Crippen LogP) is 1.68. The maximum absolute atomic E-state index is 13.1. The van der Waals surface area contributed by atoms with Gasteiger partial charge in [-0.1, -0.05) is 12.1 Å². The average Bonchev–Trinajstić information content (AvgIpc) is 2.63. The van der Waals surface area contributed by atoms with E-state index in [1.54, 1.807) is 7.11 Å². The maximum atomic E-state index is 13.1. The summed E-state index contributed by atoms with van der Waals surface area (Å²) < 4.78 is 34.3. The largest absolute Gasteiger partial charge is 0.497 e. The molecule has 8 heteroatoms. The van der Waals surface area contributed by atoms with E-state index in [0.717, 1.165) is 24.8 Å². The third kappa shape index (κ3) is 3.72. The number of benzene rings is 1. The van der Waals surface area contributed by atoms with Crippen molar-refractivity contribution in [1.29, 1.82) is 0 Å². The molecule has 0 radical (unpaired) electrons. The first kappa shape index (κ1) is 19.1. The molecule has 1 aromatic carbocycles. The van der Waals surface area contributed by atoms with Gasteiger partial charge in [0.1, 0.15) is 11.8 Å². The van der Waals surface area contributed by atoms with Gasteiger partial charge in [0.2, 0.25) is 5.91 Å². The number of piperidine rings is 1. The summed E-state index contributed by atoms with van der Waals surface area (Å²) in [5.41, 5.74) is 0.797. The Labute approximate surface area is 155 Å². The fraction of sp³-hybridized carbons (Fsp3) is 0.611. The van der Waals surface area contributed by atoms with Crippen molar-refractivity contribution in [3.8, 4) is 5.75 Å². The van der Waals surface area contributed by atoms with Crippen LogP contribution in [0.4, 0.5) is 0 Å². The van der Waals surface area contributed by atoms with Crippen molar-refractivity contribution in [3.63, 3.8) is 0 Å². The van der Waals surface area contributed by atoms with Crippen molar-refractivity contribution >= 4 is 16.1 Å². The molecule has 2 aliphatic rings. The third-order valence-electron chi connectivity index (χ3n) is 5.44. The van der Waals surface area contributed by atoms with Gasteiger partial charge in [-0.2, -0.15) is 17.4 Å². The molecule has 0 saturated carbocycles. The van der Waals surface area contributed by atoms with E-state index in [1.807, 2.05) is 36.1 Å². The van der Waals surface area contributed by atoms with Gasteiger partial charge in [0.05, 0.1) is 13.2 Å². The molecule has 0 aliphatic carbocycles. The van der Waals surface area contributed by atoms with Crippen LogP contribution in [0.15, 0.2) is 24.3 Å². The molecular weight excluding hydrogens is 354 g/mol. The molecule has 3 unspecified atom stereocenters. The number of nitrogens with one attached hydrogen (secondary N) is 1. The molecular formula is C18H27N3O4S. The highest BCUT2D eigenvalue weighted by molar-refractivity contribution is 7.87. The topological polar surface area (TPSA) is 79.0 Å². The first-order valence-corrected chi connectivity index (χ1v) is 10.5. The number of likely N-dealkylation sites (N-methyl/N-ethyl adjacent to an activating group) is 1. The van der Waals surface area contributed by atoms with Gasteiger partial charge < -0.3 is 9.64 Å². The summed E-state index contributed by atoms with van der Waals surface area (Å²) in [5.74, 6) is 0.561. The number of carbonyl (C=O) groups is 1. The van der Waals surface area contributed by atoms with Crippen LogP contribution in [-0.2, 0) is 15.0 Å².